The van der Waals surface area contributed by atoms with E-state index in [1.165, 1.54) is 6.42 Å². The molecule has 2 N–H and O–H groups in total. The molecule has 0 atom stereocenters. The fourth-order valence-corrected chi connectivity index (χ4v) is 3.35. The van der Waals surface area contributed by atoms with Gasteiger partial charge in [0.2, 0.25) is 0 Å². The Morgan fingerprint density at radius 3 is 2.33 bits per heavy atom. The third-order valence-corrected chi connectivity index (χ3v) is 4.80. The van der Waals surface area contributed by atoms with Gasteiger partial charge in [-0.3, -0.25) is 0 Å². The Morgan fingerprint density at radius 2 is 1.88 bits per heavy atom. The third-order valence-electron chi connectivity index (χ3n) is 3.44. The quantitative estimate of drug-likeness (QED) is 0.840. The van der Waals surface area contributed by atoms with Gasteiger partial charge in [-0.1, -0.05) is 76.4 Å². The lowest BCUT2D eigenvalue weighted by Crippen LogP contribution is -2.30. The minimum atomic E-state index is -1.48. The average Bonchev–Trinajstić information content (AvgIpc) is 2.85. The van der Waals surface area contributed by atoms with Gasteiger partial charge in [0, 0.05) is 9.41 Å². The van der Waals surface area contributed by atoms with Crippen LogP contribution in [0.2, 0.25) is 0 Å². The highest BCUT2D eigenvalue weighted by Crippen LogP contribution is 2.15. The molecule has 0 radical (unpaired) electrons. The molecule has 0 saturated carbocycles. The smallest absolute Gasteiger partial charge is 0.423 e. The lowest BCUT2D eigenvalue weighted by atomic mass is 9.79. The Labute approximate surface area is 149 Å². The van der Waals surface area contributed by atoms with Crippen molar-refractivity contribution in [2.24, 2.45) is 0 Å². The van der Waals surface area contributed by atoms with Gasteiger partial charge in [-0.15, -0.1) is 11.3 Å². The molecule has 0 fully saturated rings. The van der Waals surface area contributed by atoms with Crippen LogP contribution in [0, 0.1) is 6.92 Å². The molecular formula is C20H25BO2S. The number of hydrogen-bond donors (Lipinski definition) is 2. The van der Waals surface area contributed by atoms with Gasteiger partial charge in [0.25, 0.3) is 0 Å². The topological polar surface area (TPSA) is 40.5 Å². The molecule has 0 aliphatic carbocycles. The lowest BCUT2D eigenvalue weighted by molar-refractivity contribution is 0.426. The summed E-state index contributed by atoms with van der Waals surface area (Å²) >= 11 is 1.61. The van der Waals surface area contributed by atoms with Crippen molar-refractivity contribution < 1.29 is 10.0 Å². The predicted molar refractivity (Wildman–Crippen MR) is 109 cm³/mol. The molecule has 24 heavy (non-hydrogen) atoms. The minimum Gasteiger partial charge on any atom is -0.423 e. The molecule has 4 heteroatoms. The minimum absolute atomic E-state index is 0.453. The van der Waals surface area contributed by atoms with Crippen molar-refractivity contribution in [3.8, 4) is 0 Å². The summed E-state index contributed by atoms with van der Waals surface area (Å²) in [5, 5.41) is 19.6. The normalized spacial score (nSPS) is 11.2. The van der Waals surface area contributed by atoms with E-state index in [0.717, 1.165) is 31.3 Å². The van der Waals surface area contributed by atoms with E-state index >= 15 is 0 Å². The van der Waals surface area contributed by atoms with Gasteiger partial charge in [0.05, 0.1) is 0 Å². The maximum atomic E-state index is 9.31. The lowest BCUT2D eigenvalue weighted by Gasteiger charge is -2.05. The molecule has 1 heterocycles. The third kappa shape index (κ3) is 4.57. The van der Waals surface area contributed by atoms with Crippen LogP contribution in [-0.2, 0) is 0 Å². The number of benzene rings is 1. The second kappa shape index (κ2) is 9.43. The van der Waals surface area contributed by atoms with E-state index < -0.39 is 7.12 Å². The van der Waals surface area contributed by atoms with Gasteiger partial charge >= 0.3 is 7.12 Å². The molecule has 1 aromatic carbocycles. The highest BCUT2D eigenvalue weighted by atomic mass is 32.1. The van der Waals surface area contributed by atoms with Gasteiger partial charge in [-0.05, 0) is 34.3 Å². The summed E-state index contributed by atoms with van der Waals surface area (Å²) in [5.41, 5.74) is 3.39. The molecule has 0 unspecified atom stereocenters. The molecule has 0 amide bonds. The SMILES string of the molecule is C=C/C(c1cccc(B(O)O)c1)=c1/sc(C=C)c(C)c1=C.CCC. The van der Waals surface area contributed by atoms with E-state index in [1.807, 2.05) is 19.1 Å². The van der Waals surface area contributed by atoms with Crippen LogP contribution in [0.15, 0.2) is 43.5 Å². The van der Waals surface area contributed by atoms with E-state index in [1.54, 1.807) is 35.6 Å². The fourth-order valence-electron chi connectivity index (χ4n) is 2.19. The molecule has 2 rings (SSSR count). The zero-order chi connectivity index (χ0) is 18.3. The maximum absolute atomic E-state index is 9.31. The molecular weight excluding hydrogens is 315 g/mol. The van der Waals surface area contributed by atoms with Crippen LogP contribution in [0.1, 0.15) is 36.3 Å². The Morgan fingerprint density at radius 1 is 1.25 bits per heavy atom. The zero-order valence-corrected chi connectivity index (χ0v) is 15.5. The first-order chi connectivity index (χ1) is 11.4. The Kier molecular flexibility index (Phi) is 7.92. The largest absolute Gasteiger partial charge is 0.488 e. The van der Waals surface area contributed by atoms with E-state index in [2.05, 4.69) is 33.6 Å². The van der Waals surface area contributed by atoms with E-state index in [4.69, 9.17) is 0 Å². The number of rotatable bonds is 4. The van der Waals surface area contributed by atoms with Crippen molar-refractivity contribution >= 4 is 42.1 Å². The predicted octanol–water partition coefficient (Wildman–Crippen LogP) is 2.59. The van der Waals surface area contributed by atoms with Gasteiger partial charge in [-0.2, -0.15) is 0 Å². The molecule has 2 nitrogen and oxygen atoms in total. The number of allylic oxidation sites excluding steroid dienone is 1. The van der Waals surface area contributed by atoms with Crippen molar-refractivity contribution in [2.45, 2.75) is 27.2 Å². The van der Waals surface area contributed by atoms with Crippen LogP contribution in [0.4, 0.5) is 0 Å². The number of thiophene rings is 1. The zero-order valence-electron chi connectivity index (χ0n) is 14.7. The van der Waals surface area contributed by atoms with Gasteiger partial charge < -0.3 is 10.0 Å². The molecule has 126 valence electrons. The molecule has 0 saturated heterocycles. The van der Waals surface area contributed by atoms with Crippen molar-refractivity contribution in [2.75, 3.05) is 0 Å². The standard InChI is InChI=1S/C17H17BO2S.C3H8/c1-5-15(13-8-7-9-14(10-13)18(19)20)17-12(4)11(3)16(6-2)21-17;1-3-2/h5-10,19-20H,1-2,4H2,3H3;3H2,1-2H3/b17-15-;. The molecule has 0 aliphatic heterocycles. The summed E-state index contributed by atoms with van der Waals surface area (Å²) in [6.45, 7) is 18.1. The van der Waals surface area contributed by atoms with Crippen LogP contribution < -0.4 is 15.2 Å². The Bertz CT molecular complexity index is 819. The summed E-state index contributed by atoms with van der Waals surface area (Å²) in [5.74, 6) is 0. The van der Waals surface area contributed by atoms with Crippen molar-refractivity contribution in [1.82, 2.24) is 0 Å². The molecule has 0 aliphatic rings. The molecule has 0 spiro atoms. The fraction of sp³-hybridized carbons (Fsp3) is 0.200. The summed E-state index contributed by atoms with van der Waals surface area (Å²) in [7, 11) is -1.48. The summed E-state index contributed by atoms with van der Waals surface area (Å²) in [4.78, 5) is 1.09. The summed E-state index contributed by atoms with van der Waals surface area (Å²) in [6.07, 6.45) is 4.85. The highest BCUT2D eigenvalue weighted by molar-refractivity contribution is 7.11. The second-order valence-electron chi connectivity index (χ2n) is 5.43. The summed E-state index contributed by atoms with van der Waals surface area (Å²) < 4.78 is 1.03. The monoisotopic (exact) mass is 340 g/mol. The van der Waals surface area contributed by atoms with Crippen LogP contribution >= 0.6 is 11.3 Å². The van der Waals surface area contributed by atoms with Gasteiger partial charge in [0.1, 0.15) is 0 Å². The van der Waals surface area contributed by atoms with Crippen molar-refractivity contribution in [3.63, 3.8) is 0 Å². The van der Waals surface area contributed by atoms with Gasteiger partial charge in [0.15, 0.2) is 0 Å². The molecule has 2 aromatic rings. The molecule has 0 bridgehead atoms. The van der Waals surface area contributed by atoms with Crippen molar-refractivity contribution in [3.05, 3.63) is 69.3 Å². The first-order valence-electron chi connectivity index (χ1n) is 7.95. The van der Waals surface area contributed by atoms with Crippen molar-refractivity contribution in [1.29, 1.82) is 0 Å². The number of hydrogen-bond acceptors (Lipinski definition) is 3. The highest BCUT2D eigenvalue weighted by Gasteiger charge is 2.12. The van der Waals surface area contributed by atoms with Crippen LogP contribution in [0.5, 0.6) is 0 Å². The van der Waals surface area contributed by atoms with Gasteiger partial charge in [-0.25, -0.2) is 0 Å². The Hall–Kier alpha value is -1.88. The van der Waals surface area contributed by atoms with E-state index in [0.29, 0.717) is 5.46 Å². The molecule has 1 aromatic heterocycles. The van der Waals surface area contributed by atoms with Crippen LogP contribution in [0.3, 0.4) is 0 Å². The van der Waals surface area contributed by atoms with E-state index in [9.17, 15) is 10.0 Å². The van der Waals surface area contributed by atoms with Crippen LogP contribution in [0.25, 0.3) is 18.2 Å². The maximum Gasteiger partial charge on any atom is 0.488 e. The van der Waals surface area contributed by atoms with Crippen LogP contribution in [-0.4, -0.2) is 17.2 Å². The second-order valence-corrected chi connectivity index (χ2v) is 6.48. The Balaban J connectivity index is 0.000000891. The average molecular weight is 340 g/mol. The first-order valence-corrected chi connectivity index (χ1v) is 8.76. The first kappa shape index (κ1) is 20.2. The summed E-state index contributed by atoms with van der Waals surface area (Å²) in [6, 6.07) is 7.15. The van der Waals surface area contributed by atoms with E-state index in [-0.39, 0.29) is 0 Å².